The Bertz CT molecular complexity index is 1020. The molecule has 1 aliphatic heterocycles. The van der Waals surface area contributed by atoms with Gasteiger partial charge in [0.25, 0.3) is 11.8 Å². The van der Waals surface area contributed by atoms with Crippen LogP contribution in [0, 0.1) is 5.82 Å². The molecule has 6 nitrogen and oxygen atoms in total. The second-order valence-electron chi connectivity index (χ2n) is 5.67. The molecule has 1 aliphatic rings. The third-order valence-electron chi connectivity index (χ3n) is 3.97. The highest BCUT2D eigenvalue weighted by molar-refractivity contribution is 9.10. The van der Waals surface area contributed by atoms with E-state index in [2.05, 4.69) is 21.2 Å². The number of carbonyl (C=O) groups excluding carboxylic acids is 2. The van der Waals surface area contributed by atoms with Crippen LogP contribution < -0.4 is 19.7 Å². The maximum atomic E-state index is 13.6. The minimum Gasteiger partial charge on any atom is -0.496 e. The normalized spacial score (nSPS) is 15.6. The predicted octanol–water partition coefficient (Wildman–Crippen LogP) is 3.44. The first-order valence-electron chi connectivity index (χ1n) is 7.94. The first-order valence-corrected chi connectivity index (χ1v) is 9.14. The van der Waals surface area contributed by atoms with E-state index in [1.165, 1.54) is 38.5 Å². The van der Waals surface area contributed by atoms with Gasteiger partial charge >= 0.3 is 0 Å². The van der Waals surface area contributed by atoms with Gasteiger partial charge in [-0.15, -0.1) is 0 Å². The lowest BCUT2D eigenvalue weighted by molar-refractivity contribution is -0.122. The second kappa shape index (κ2) is 8.07. The molecule has 2 amide bonds. The van der Waals surface area contributed by atoms with E-state index in [1.807, 2.05) is 0 Å². The Kier molecular flexibility index (Phi) is 5.76. The molecule has 1 N–H and O–H groups in total. The van der Waals surface area contributed by atoms with Gasteiger partial charge in [0.05, 0.1) is 24.4 Å². The van der Waals surface area contributed by atoms with Crippen LogP contribution in [0.15, 0.2) is 46.4 Å². The average molecular weight is 465 g/mol. The minimum absolute atomic E-state index is 0.124. The number of rotatable bonds is 4. The van der Waals surface area contributed by atoms with Crippen molar-refractivity contribution in [1.82, 2.24) is 5.32 Å². The van der Waals surface area contributed by atoms with Crippen LogP contribution in [0.4, 0.5) is 10.1 Å². The van der Waals surface area contributed by atoms with Gasteiger partial charge < -0.3 is 9.47 Å². The van der Waals surface area contributed by atoms with Gasteiger partial charge in [-0.25, -0.2) is 4.39 Å². The number of benzene rings is 2. The Labute approximate surface area is 174 Å². The van der Waals surface area contributed by atoms with Crippen molar-refractivity contribution in [2.24, 2.45) is 0 Å². The maximum Gasteiger partial charge on any atom is 0.270 e. The largest absolute Gasteiger partial charge is 0.496 e. The van der Waals surface area contributed by atoms with Crippen LogP contribution in [0.1, 0.15) is 5.56 Å². The minimum atomic E-state index is -0.673. The molecule has 0 saturated carbocycles. The summed E-state index contributed by atoms with van der Waals surface area (Å²) in [5, 5.41) is 2.33. The Morgan fingerprint density at radius 3 is 2.50 bits per heavy atom. The fraction of sp³-hybridized carbons (Fsp3) is 0.105. The Morgan fingerprint density at radius 2 is 1.86 bits per heavy atom. The van der Waals surface area contributed by atoms with Gasteiger partial charge in [0.2, 0.25) is 0 Å². The summed E-state index contributed by atoms with van der Waals surface area (Å²) < 4.78 is 24.8. The van der Waals surface area contributed by atoms with Gasteiger partial charge in [0.1, 0.15) is 22.9 Å². The van der Waals surface area contributed by atoms with E-state index >= 15 is 0 Å². The molecule has 144 valence electrons. The summed E-state index contributed by atoms with van der Waals surface area (Å²) in [7, 11) is 2.97. The fourth-order valence-corrected chi connectivity index (χ4v) is 3.46. The molecule has 3 rings (SSSR count). The first-order chi connectivity index (χ1) is 13.3. The van der Waals surface area contributed by atoms with Crippen LogP contribution >= 0.6 is 28.1 Å². The quantitative estimate of drug-likeness (QED) is 0.426. The molecule has 2 aromatic carbocycles. The highest BCUT2D eigenvalue weighted by Crippen LogP contribution is 2.34. The van der Waals surface area contributed by atoms with Crippen LogP contribution in [0.2, 0.25) is 0 Å². The molecule has 0 spiro atoms. The number of nitrogens with zero attached hydrogens (tertiary/aromatic N) is 1. The summed E-state index contributed by atoms with van der Waals surface area (Å²) >= 11 is 8.46. The molecule has 0 radical (unpaired) electrons. The molecule has 0 aromatic heterocycles. The summed E-state index contributed by atoms with van der Waals surface area (Å²) in [6, 6.07) is 8.65. The number of anilines is 1. The number of halogens is 2. The molecule has 28 heavy (non-hydrogen) atoms. The van der Waals surface area contributed by atoms with E-state index in [0.717, 1.165) is 11.0 Å². The van der Waals surface area contributed by atoms with Crippen LogP contribution in [-0.2, 0) is 9.59 Å². The van der Waals surface area contributed by atoms with E-state index in [0.29, 0.717) is 21.5 Å². The molecule has 1 saturated heterocycles. The monoisotopic (exact) mass is 464 g/mol. The Hall–Kier alpha value is -2.78. The zero-order valence-electron chi connectivity index (χ0n) is 14.8. The number of hydrogen-bond acceptors (Lipinski definition) is 5. The first kappa shape index (κ1) is 20.0. The lowest BCUT2D eigenvalue weighted by Gasteiger charge is -2.29. The molecule has 0 bridgehead atoms. The lowest BCUT2D eigenvalue weighted by atomic mass is 10.1. The van der Waals surface area contributed by atoms with E-state index in [1.54, 1.807) is 12.1 Å². The molecular weight excluding hydrogens is 451 g/mol. The standard InChI is InChI=1S/C19H14BrFN2O4S/c1-26-15-9-16(27-2)14(20)7-10(15)6-13-17(24)22-19(28)23(18(13)25)12-5-3-4-11(21)8-12/h3-9H,1-2H3,(H,22,24,28). The number of carbonyl (C=O) groups is 2. The number of hydrogen-bond donors (Lipinski definition) is 1. The highest BCUT2D eigenvalue weighted by atomic mass is 79.9. The smallest absolute Gasteiger partial charge is 0.270 e. The van der Waals surface area contributed by atoms with Crippen molar-refractivity contribution >= 4 is 56.8 Å². The predicted molar refractivity (Wildman–Crippen MR) is 110 cm³/mol. The molecule has 0 unspecified atom stereocenters. The van der Waals surface area contributed by atoms with Gasteiger partial charge in [0, 0.05) is 11.6 Å². The van der Waals surface area contributed by atoms with Crippen LogP contribution in [0.5, 0.6) is 11.5 Å². The lowest BCUT2D eigenvalue weighted by Crippen LogP contribution is -2.54. The van der Waals surface area contributed by atoms with E-state index < -0.39 is 17.6 Å². The SMILES string of the molecule is COc1cc(OC)c(C=C2C(=O)NC(=S)N(c3cccc(F)c3)C2=O)cc1Br. The van der Waals surface area contributed by atoms with Crippen molar-refractivity contribution in [3.8, 4) is 11.5 Å². The fourth-order valence-electron chi connectivity index (χ4n) is 2.66. The second-order valence-corrected chi connectivity index (χ2v) is 6.91. The number of thiocarbonyl (C=S) groups is 1. The molecule has 1 fully saturated rings. The van der Waals surface area contributed by atoms with E-state index in [-0.39, 0.29) is 16.4 Å². The third-order valence-corrected chi connectivity index (χ3v) is 4.88. The summed E-state index contributed by atoms with van der Waals surface area (Å²) in [6.45, 7) is 0. The number of methoxy groups -OCH3 is 2. The summed E-state index contributed by atoms with van der Waals surface area (Å²) in [5.41, 5.74) is 0.512. The van der Waals surface area contributed by atoms with Crippen LogP contribution in [0.3, 0.4) is 0 Å². The third kappa shape index (κ3) is 3.76. The Morgan fingerprint density at radius 1 is 1.14 bits per heavy atom. The summed E-state index contributed by atoms with van der Waals surface area (Å²) in [6.07, 6.45) is 1.38. The molecule has 0 atom stereocenters. The van der Waals surface area contributed by atoms with E-state index in [4.69, 9.17) is 21.7 Å². The molecule has 1 heterocycles. The number of amides is 2. The number of ether oxygens (including phenoxy) is 2. The molecule has 9 heteroatoms. The molecule has 2 aromatic rings. The van der Waals surface area contributed by atoms with Gasteiger partial charge in [-0.2, -0.15) is 0 Å². The zero-order chi connectivity index (χ0) is 20.4. The van der Waals surface area contributed by atoms with Crippen molar-refractivity contribution in [2.75, 3.05) is 19.1 Å². The van der Waals surface area contributed by atoms with Gasteiger partial charge in [-0.3, -0.25) is 19.8 Å². The highest BCUT2D eigenvalue weighted by Gasteiger charge is 2.34. The van der Waals surface area contributed by atoms with Crippen molar-refractivity contribution < 1.29 is 23.5 Å². The van der Waals surface area contributed by atoms with Crippen LogP contribution in [0.25, 0.3) is 6.08 Å². The Balaban J connectivity index is 2.08. The molecule has 0 aliphatic carbocycles. The number of nitrogens with one attached hydrogen (secondary N) is 1. The van der Waals surface area contributed by atoms with Crippen molar-refractivity contribution in [1.29, 1.82) is 0 Å². The van der Waals surface area contributed by atoms with Crippen molar-refractivity contribution in [3.63, 3.8) is 0 Å². The summed E-state index contributed by atoms with van der Waals surface area (Å²) in [4.78, 5) is 26.5. The van der Waals surface area contributed by atoms with Crippen molar-refractivity contribution in [2.45, 2.75) is 0 Å². The maximum absolute atomic E-state index is 13.6. The zero-order valence-corrected chi connectivity index (χ0v) is 17.2. The van der Waals surface area contributed by atoms with E-state index in [9.17, 15) is 14.0 Å². The van der Waals surface area contributed by atoms with Crippen LogP contribution in [-0.4, -0.2) is 31.1 Å². The van der Waals surface area contributed by atoms with Gasteiger partial charge in [-0.05, 0) is 58.5 Å². The molecular formula is C19H14BrFN2O4S. The average Bonchev–Trinajstić information content (AvgIpc) is 2.65. The van der Waals surface area contributed by atoms with Crippen molar-refractivity contribution in [3.05, 3.63) is 57.8 Å². The van der Waals surface area contributed by atoms with Gasteiger partial charge in [-0.1, -0.05) is 6.07 Å². The topological polar surface area (TPSA) is 67.9 Å². The summed E-state index contributed by atoms with van der Waals surface area (Å²) in [5.74, 6) is -0.930. The van der Waals surface area contributed by atoms with Gasteiger partial charge in [0.15, 0.2) is 5.11 Å².